The van der Waals surface area contributed by atoms with E-state index in [0.717, 1.165) is 22.6 Å². The molecule has 5 nitrogen and oxygen atoms in total. The molecule has 0 saturated carbocycles. The van der Waals surface area contributed by atoms with Gasteiger partial charge in [0.25, 0.3) is 0 Å². The van der Waals surface area contributed by atoms with E-state index in [4.69, 9.17) is 23.2 Å². The summed E-state index contributed by atoms with van der Waals surface area (Å²) in [7, 11) is -3.41. The number of hydrogen-bond donors (Lipinski definition) is 1. The zero-order chi connectivity index (χ0) is 22.1. The molecule has 0 unspecified atom stereocenters. The van der Waals surface area contributed by atoms with Crippen LogP contribution in [-0.4, -0.2) is 39.4 Å². The summed E-state index contributed by atoms with van der Waals surface area (Å²) in [5, 5.41) is 3.95. The Bertz CT molecular complexity index is 968. The molecule has 164 valence electrons. The van der Waals surface area contributed by atoms with Crippen molar-refractivity contribution in [1.29, 1.82) is 0 Å². The van der Waals surface area contributed by atoms with Crippen LogP contribution in [-0.2, 0) is 20.6 Å². The standard InChI is InChI=1S/C21H26Cl2N2O3S2/c1-16-6-3-4-7-20(16)25(30(2,27)28)12-5-8-21(26)24-11-13-29-15-17-9-10-18(22)19(23)14-17/h3-4,6-7,9-10,14H,5,8,11-13,15H2,1-2H3,(H,24,26). The van der Waals surface area contributed by atoms with Crippen LogP contribution in [0.25, 0.3) is 0 Å². The monoisotopic (exact) mass is 488 g/mol. The van der Waals surface area contributed by atoms with Crippen molar-refractivity contribution in [1.82, 2.24) is 5.32 Å². The molecule has 0 atom stereocenters. The number of amides is 1. The molecular formula is C21H26Cl2N2O3S2. The zero-order valence-corrected chi connectivity index (χ0v) is 20.2. The number of halogens is 2. The minimum atomic E-state index is -3.41. The maximum atomic E-state index is 12.2. The molecule has 2 aromatic carbocycles. The number of anilines is 1. The van der Waals surface area contributed by atoms with Gasteiger partial charge in [-0.2, -0.15) is 11.8 Å². The third-order valence-electron chi connectivity index (χ3n) is 4.37. The molecule has 0 heterocycles. The normalized spacial score (nSPS) is 11.3. The van der Waals surface area contributed by atoms with Gasteiger partial charge in [0.2, 0.25) is 15.9 Å². The predicted octanol–water partition coefficient (Wildman–Crippen LogP) is 4.90. The van der Waals surface area contributed by atoms with Crippen LogP contribution < -0.4 is 9.62 Å². The highest BCUT2D eigenvalue weighted by Crippen LogP contribution is 2.25. The SMILES string of the molecule is Cc1ccccc1N(CCCC(=O)NCCSCc1ccc(Cl)c(Cl)c1)S(C)(=O)=O. The Morgan fingerprint density at radius 3 is 2.53 bits per heavy atom. The number of sulfonamides is 1. The van der Waals surface area contributed by atoms with Gasteiger partial charge in [0, 0.05) is 31.0 Å². The Morgan fingerprint density at radius 2 is 1.87 bits per heavy atom. The van der Waals surface area contributed by atoms with Crippen molar-refractivity contribution in [2.24, 2.45) is 0 Å². The number of rotatable bonds is 11. The Hall–Kier alpha value is -1.41. The first-order valence-electron chi connectivity index (χ1n) is 9.50. The van der Waals surface area contributed by atoms with Crippen molar-refractivity contribution in [3.63, 3.8) is 0 Å². The van der Waals surface area contributed by atoms with E-state index >= 15 is 0 Å². The smallest absolute Gasteiger partial charge is 0.232 e. The van der Waals surface area contributed by atoms with E-state index in [1.807, 2.05) is 37.3 Å². The molecular weight excluding hydrogens is 463 g/mol. The summed E-state index contributed by atoms with van der Waals surface area (Å²) < 4.78 is 25.7. The third-order valence-corrected chi connectivity index (χ3v) is 7.32. The maximum absolute atomic E-state index is 12.2. The molecule has 0 aromatic heterocycles. The largest absolute Gasteiger partial charge is 0.355 e. The van der Waals surface area contributed by atoms with E-state index in [1.165, 1.54) is 10.6 Å². The molecule has 0 bridgehead atoms. The fourth-order valence-electron chi connectivity index (χ4n) is 2.86. The maximum Gasteiger partial charge on any atom is 0.232 e. The molecule has 0 aliphatic heterocycles. The van der Waals surface area contributed by atoms with E-state index < -0.39 is 10.0 Å². The van der Waals surface area contributed by atoms with Crippen LogP contribution in [0.1, 0.15) is 24.0 Å². The van der Waals surface area contributed by atoms with E-state index in [-0.39, 0.29) is 18.9 Å². The zero-order valence-electron chi connectivity index (χ0n) is 17.0. The number of para-hydroxylation sites is 1. The van der Waals surface area contributed by atoms with E-state index in [9.17, 15) is 13.2 Å². The van der Waals surface area contributed by atoms with Gasteiger partial charge in [-0.1, -0.05) is 47.5 Å². The van der Waals surface area contributed by atoms with Crippen LogP contribution in [0.4, 0.5) is 5.69 Å². The number of aryl methyl sites for hydroxylation is 1. The Kier molecular flexibility index (Phi) is 9.81. The molecule has 2 aromatic rings. The molecule has 0 aliphatic rings. The Morgan fingerprint density at radius 1 is 1.13 bits per heavy atom. The highest BCUT2D eigenvalue weighted by Gasteiger charge is 2.18. The Balaban J connectivity index is 1.71. The molecule has 0 fully saturated rings. The molecule has 2 rings (SSSR count). The lowest BCUT2D eigenvalue weighted by Crippen LogP contribution is -2.33. The molecule has 0 aliphatic carbocycles. The van der Waals surface area contributed by atoms with Gasteiger partial charge in [-0.05, 0) is 42.7 Å². The van der Waals surface area contributed by atoms with E-state index in [2.05, 4.69) is 5.32 Å². The summed E-state index contributed by atoms with van der Waals surface area (Å²) in [6.07, 6.45) is 1.91. The van der Waals surface area contributed by atoms with Crippen LogP contribution in [0.2, 0.25) is 10.0 Å². The second-order valence-electron chi connectivity index (χ2n) is 6.88. The van der Waals surface area contributed by atoms with Crippen molar-refractivity contribution in [2.45, 2.75) is 25.5 Å². The van der Waals surface area contributed by atoms with Gasteiger partial charge in [-0.25, -0.2) is 8.42 Å². The van der Waals surface area contributed by atoms with Crippen LogP contribution in [0.3, 0.4) is 0 Å². The lowest BCUT2D eigenvalue weighted by molar-refractivity contribution is -0.121. The minimum Gasteiger partial charge on any atom is -0.355 e. The van der Waals surface area contributed by atoms with Crippen molar-refractivity contribution >= 4 is 56.6 Å². The van der Waals surface area contributed by atoms with Gasteiger partial charge >= 0.3 is 0 Å². The number of benzene rings is 2. The van der Waals surface area contributed by atoms with Crippen LogP contribution >= 0.6 is 35.0 Å². The van der Waals surface area contributed by atoms with Crippen LogP contribution in [0.5, 0.6) is 0 Å². The highest BCUT2D eigenvalue weighted by atomic mass is 35.5. The average molecular weight is 489 g/mol. The third kappa shape index (κ3) is 8.02. The average Bonchev–Trinajstić information content (AvgIpc) is 2.67. The summed E-state index contributed by atoms with van der Waals surface area (Å²) in [5.74, 6) is 1.47. The van der Waals surface area contributed by atoms with Crippen molar-refractivity contribution < 1.29 is 13.2 Å². The first kappa shape index (κ1) is 24.9. The topological polar surface area (TPSA) is 66.5 Å². The summed E-state index contributed by atoms with van der Waals surface area (Å²) in [5.41, 5.74) is 2.61. The quantitative estimate of drug-likeness (QED) is 0.456. The van der Waals surface area contributed by atoms with Gasteiger partial charge in [-0.3, -0.25) is 9.10 Å². The number of carbonyl (C=O) groups is 1. The van der Waals surface area contributed by atoms with Gasteiger partial charge in [0.1, 0.15) is 0 Å². The first-order valence-corrected chi connectivity index (χ1v) is 13.3. The lowest BCUT2D eigenvalue weighted by Gasteiger charge is -2.24. The number of carbonyl (C=O) groups excluding carboxylic acids is 1. The molecule has 0 spiro atoms. The molecule has 0 saturated heterocycles. The summed E-state index contributed by atoms with van der Waals surface area (Å²) in [6, 6.07) is 12.9. The molecule has 9 heteroatoms. The van der Waals surface area contributed by atoms with Crippen molar-refractivity contribution in [3.05, 3.63) is 63.6 Å². The number of nitrogens with one attached hydrogen (secondary N) is 1. The summed E-state index contributed by atoms with van der Waals surface area (Å²) in [6.45, 7) is 2.69. The highest BCUT2D eigenvalue weighted by molar-refractivity contribution is 7.98. The predicted molar refractivity (Wildman–Crippen MR) is 128 cm³/mol. The second-order valence-corrected chi connectivity index (χ2v) is 10.7. The fourth-order valence-corrected chi connectivity index (χ4v) is 5.01. The molecule has 1 N–H and O–H groups in total. The van der Waals surface area contributed by atoms with Crippen LogP contribution in [0.15, 0.2) is 42.5 Å². The van der Waals surface area contributed by atoms with Gasteiger partial charge in [0.05, 0.1) is 22.0 Å². The first-order chi connectivity index (χ1) is 14.2. The summed E-state index contributed by atoms with van der Waals surface area (Å²) in [4.78, 5) is 12.1. The van der Waals surface area contributed by atoms with E-state index in [1.54, 1.807) is 23.9 Å². The minimum absolute atomic E-state index is 0.0802. The molecule has 0 radical (unpaired) electrons. The van der Waals surface area contributed by atoms with Gasteiger partial charge in [-0.15, -0.1) is 0 Å². The fraction of sp³-hybridized carbons (Fsp3) is 0.381. The molecule has 30 heavy (non-hydrogen) atoms. The van der Waals surface area contributed by atoms with E-state index in [0.29, 0.717) is 28.7 Å². The number of hydrogen-bond acceptors (Lipinski definition) is 4. The number of thioether (sulfide) groups is 1. The van der Waals surface area contributed by atoms with Crippen molar-refractivity contribution in [2.75, 3.05) is 29.4 Å². The Labute approximate surface area is 193 Å². The lowest BCUT2D eigenvalue weighted by atomic mass is 10.2. The van der Waals surface area contributed by atoms with Gasteiger partial charge < -0.3 is 5.32 Å². The second kappa shape index (κ2) is 11.8. The molecule has 1 amide bonds. The van der Waals surface area contributed by atoms with Crippen LogP contribution in [0, 0.1) is 6.92 Å². The number of nitrogens with zero attached hydrogens (tertiary/aromatic N) is 1. The van der Waals surface area contributed by atoms with Gasteiger partial charge in [0.15, 0.2) is 0 Å². The summed E-state index contributed by atoms with van der Waals surface area (Å²) >= 11 is 13.6. The van der Waals surface area contributed by atoms with Crippen molar-refractivity contribution in [3.8, 4) is 0 Å².